The fourth-order valence-electron chi connectivity index (χ4n) is 2.25. The molecule has 2 aromatic carbocycles. The lowest BCUT2D eigenvalue weighted by Crippen LogP contribution is -2.27. The van der Waals surface area contributed by atoms with E-state index in [4.69, 9.17) is 0 Å². The Bertz CT molecular complexity index is 730. The van der Waals surface area contributed by atoms with E-state index in [1.807, 2.05) is 36.4 Å². The Morgan fingerprint density at radius 2 is 1.82 bits per heavy atom. The van der Waals surface area contributed by atoms with Gasteiger partial charge >= 0.3 is 0 Å². The number of hydrogen-bond donors (Lipinski definition) is 1. The predicted molar refractivity (Wildman–Crippen MR) is 86.9 cm³/mol. The fourth-order valence-corrected chi connectivity index (χ4v) is 3.16. The second kappa shape index (κ2) is 7.03. The molecule has 0 spiro atoms. The highest BCUT2D eigenvalue weighted by Gasteiger charge is 2.17. The Labute approximate surface area is 131 Å². The minimum absolute atomic E-state index is 0.00531. The largest absolute Gasteiger partial charge is 0.305 e. The smallest absolute Gasteiger partial charge is 0.149 e. The first-order valence-electron chi connectivity index (χ1n) is 7.06. The van der Waals surface area contributed by atoms with Crippen LogP contribution in [-0.4, -0.2) is 20.4 Å². The first kappa shape index (κ1) is 16.6. The number of sulfone groups is 1. The Balaban J connectivity index is 2.14. The molecule has 0 aromatic heterocycles. The van der Waals surface area contributed by atoms with Crippen LogP contribution in [0.1, 0.15) is 22.7 Å². The molecule has 0 fully saturated rings. The molecule has 0 heterocycles. The third-order valence-electron chi connectivity index (χ3n) is 3.46. The average Bonchev–Trinajstić information content (AvgIpc) is 2.47. The molecular formula is C17H20FNO2S. The van der Waals surface area contributed by atoms with E-state index >= 15 is 0 Å². The summed E-state index contributed by atoms with van der Waals surface area (Å²) in [5, 5.41) is 3.21. The summed E-state index contributed by atoms with van der Waals surface area (Å²) in [4.78, 5) is 0. The van der Waals surface area contributed by atoms with Gasteiger partial charge in [0.1, 0.15) is 15.7 Å². The van der Waals surface area contributed by atoms with Crippen LogP contribution in [0.2, 0.25) is 0 Å². The van der Waals surface area contributed by atoms with Crippen molar-refractivity contribution in [3.63, 3.8) is 0 Å². The van der Waals surface area contributed by atoms with E-state index in [1.165, 1.54) is 12.3 Å². The molecule has 2 rings (SSSR count). The second-order valence-electron chi connectivity index (χ2n) is 5.52. The zero-order chi connectivity index (χ0) is 16.2. The maximum atomic E-state index is 13.6. The average molecular weight is 321 g/mol. The summed E-state index contributed by atoms with van der Waals surface area (Å²) in [6, 6.07) is 14.1. The predicted octanol–water partition coefficient (Wildman–Crippen LogP) is 3.01. The van der Waals surface area contributed by atoms with Crippen LogP contribution in [0.15, 0.2) is 48.5 Å². The maximum Gasteiger partial charge on any atom is 0.149 e. The number of aryl methyl sites for hydroxylation is 1. The molecule has 1 N–H and O–H groups in total. The van der Waals surface area contributed by atoms with Gasteiger partial charge in [0, 0.05) is 18.8 Å². The van der Waals surface area contributed by atoms with Crippen molar-refractivity contribution in [2.75, 3.05) is 12.0 Å². The van der Waals surface area contributed by atoms with Crippen molar-refractivity contribution in [1.82, 2.24) is 5.32 Å². The second-order valence-corrected chi connectivity index (χ2v) is 7.70. The monoisotopic (exact) mass is 321 g/mol. The highest BCUT2D eigenvalue weighted by Crippen LogP contribution is 2.16. The SMILES string of the molecule is Cc1ccc(CN[C@@H](CS(C)(=O)=O)c2ccccc2)cc1F. The molecule has 1 atom stereocenters. The summed E-state index contributed by atoms with van der Waals surface area (Å²) < 4.78 is 36.8. The summed E-state index contributed by atoms with van der Waals surface area (Å²) in [6.45, 7) is 2.12. The molecule has 0 bridgehead atoms. The van der Waals surface area contributed by atoms with Gasteiger partial charge < -0.3 is 5.32 Å². The number of halogens is 1. The van der Waals surface area contributed by atoms with Gasteiger partial charge in [-0.25, -0.2) is 12.8 Å². The van der Waals surface area contributed by atoms with Gasteiger partial charge in [0.15, 0.2) is 0 Å². The standard InChI is InChI=1S/C17H20FNO2S/c1-13-8-9-14(10-16(13)18)11-19-17(12-22(2,20)21)15-6-4-3-5-7-15/h3-10,17,19H,11-12H2,1-2H3/t17-/m0/s1. The van der Waals surface area contributed by atoms with Crippen LogP contribution in [0, 0.1) is 12.7 Å². The molecule has 0 aliphatic heterocycles. The number of nitrogens with one attached hydrogen (secondary N) is 1. The number of rotatable bonds is 6. The molecule has 0 amide bonds. The van der Waals surface area contributed by atoms with Crippen LogP contribution in [0.5, 0.6) is 0 Å². The molecule has 0 saturated heterocycles. The molecule has 2 aromatic rings. The van der Waals surface area contributed by atoms with Gasteiger partial charge in [0.2, 0.25) is 0 Å². The van der Waals surface area contributed by atoms with E-state index < -0.39 is 9.84 Å². The van der Waals surface area contributed by atoms with E-state index in [9.17, 15) is 12.8 Å². The molecule has 3 nitrogen and oxygen atoms in total. The third-order valence-corrected chi connectivity index (χ3v) is 4.40. The van der Waals surface area contributed by atoms with E-state index in [2.05, 4.69) is 5.32 Å². The van der Waals surface area contributed by atoms with Crippen LogP contribution in [0.4, 0.5) is 4.39 Å². The van der Waals surface area contributed by atoms with Crippen molar-refractivity contribution in [3.05, 3.63) is 71.0 Å². The van der Waals surface area contributed by atoms with Crippen molar-refractivity contribution in [1.29, 1.82) is 0 Å². The zero-order valence-corrected chi connectivity index (χ0v) is 13.5. The molecule has 0 aliphatic rings. The minimum atomic E-state index is -3.13. The molecule has 5 heteroatoms. The summed E-state index contributed by atoms with van der Waals surface area (Å²) in [6.07, 6.45) is 1.22. The van der Waals surface area contributed by atoms with Crippen molar-refractivity contribution in [2.45, 2.75) is 19.5 Å². The van der Waals surface area contributed by atoms with Gasteiger partial charge in [-0.1, -0.05) is 42.5 Å². The van der Waals surface area contributed by atoms with E-state index in [0.717, 1.165) is 11.1 Å². The molecule has 0 unspecified atom stereocenters. The highest BCUT2D eigenvalue weighted by molar-refractivity contribution is 7.90. The molecule has 0 saturated carbocycles. The van der Waals surface area contributed by atoms with Gasteiger partial charge in [-0.05, 0) is 29.7 Å². The number of hydrogen-bond acceptors (Lipinski definition) is 3. The van der Waals surface area contributed by atoms with Gasteiger partial charge in [-0.3, -0.25) is 0 Å². The first-order chi connectivity index (χ1) is 10.3. The van der Waals surface area contributed by atoms with Gasteiger partial charge in [0.25, 0.3) is 0 Å². The van der Waals surface area contributed by atoms with Gasteiger partial charge in [0.05, 0.1) is 5.75 Å². The van der Waals surface area contributed by atoms with E-state index in [0.29, 0.717) is 12.1 Å². The molecular weight excluding hydrogens is 301 g/mol. The highest BCUT2D eigenvalue weighted by atomic mass is 32.2. The lowest BCUT2D eigenvalue weighted by atomic mass is 10.1. The molecule has 0 radical (unpaired) electrons. The fraction of sp³-hybridized carbons (Fsp3) is 0.294. The summed E-state index contributed by atoms with van der Waals surface area (Å²) in [7, 11) is -3.13. The van der Waals surface area contributed by atoms with E-state index in [-0.39, 0.29) is 17.6 Å². The Morgan fingerprint density at radius 3 is 2.41 bits per heavy atom. The maximum absolute atomic E-state index is 13.6. The minimum Gasteiger partial charge on any atom is -0.305 e. The Hall–Kier alpha value is -1.72. The summed E-state index contributed by atoms with van der Waals surface area (Å²) in [5.74, 6) is -0.246. The van der Waals surface area contributed by atoms with Crippen molar-refractivity contribution < 1.29 is 12.8 Å². The molecule has 118 valence electrons. The molecule has 0 aliphatic carbocycles. The lowest BCUT2D eigenvalue weighted by molar-refractivity contribution is 0.548. The zero-order valence-electron chi connectivity index (χ0n) is 12.7. The lowest BCUT2D eigenvalue weighted by Gasteiger charge is -2.18. The summed E-state index contributed by atoms with van der Waals surface area (Å²) in [5.41, 5.74) is 2.29. The van der Waals surface area contributed by atoms with Crippen LogP contribution < -0.4 is 5.32 Å². The van der Waals surface area contributed by atoms with Gasteiger partial charge in [-0.2, -0.15) is 0 Å². The van der Waals surface area contributed by atoms with E-state index in [1.54, 1.807) is 13.0 Å². The van der Waals surface area contributed by atoms with Crippen molar-refractivity contribution >= 4 is 9.84 Å². The molecule has 22 heavy (non-hydrogen) atoms. The van der Waals surface area contributed by atoms with Crippen molar-refractivity contribution in [2.24, 2.45) is 0 Å². The topological polar surface area (TPSA) is 46.2 Å². The summed E-state index contributed by atoms with van der Waals surface area (Å²) >= 11 is 0. The quantitative estimate of drug-likeness (QED) is 0.889. The Kier molecular flexibility index (Phi) is 5.32. The first-order valence-corrected chi connectivity index (χ1v) is 9.12. The van der Waals surface area contributed by atoms with Crippen molar-refractivity contribution in [3.8, 4) is 0 Å². The normalized spacial score (nSPS) is 13.0. The van der Waals surface area contributed by atoms with Crippen LogP contribution in [0.25, 0.3) is 0 Å². The van der Waals surface area contributed by atoms with Crippen LogP contribution >= 0.6 is 0 Å². The van der Waals surface area contributed by atoms with Crippen LogP contribution in [0.3, 0.4) is 0 Å². The van der Waals surface area contributed by atoms with Gasteiger partial charge in [-0.15, -0.1) is 0 Å². The third kappa shape index (κ3) is 4.93. The Morgan fingerprint density at radius 1 is 1.14 bits per heavy atom. The van der Waals surface area contributed by atoms with Crippen LogP contribution in [-0.2, 0) is 16.4 Å². The number of benzene rings is 2.